The summed E-state index contributed by atoms with van der Waals surface area (Å²) in [5.41, 5.74) is 3.54. The van der Waals surface area contributed by atoms with Crippen LogP contribution < -0.4 is 0 Å². The summed E-state index contributed by atoms with van der Waals surface area (Å²) in [6, 6.07) is 17.2. The van der Waals surface area contributed by atoms with Crippen LogP contribution in [-0.2, 0) is 0 Å². The van der Waals surface area contributed by atoms with E-state index in [4.69, 9.17) is 0 Å². The van der Waals surface area contributed by atoms with Gasteiger partial charge in [-0.1, -0.05) is 48.5 Å². The first kappa shape index (κ1) is 13.1. The van der Waals surface area contributed by atoms with E-state index in [0.29, 0.717) is 5.69 Å². The number of aryl methyl sites for hydroxylation is 1. The molecule has 0 saturated carbocycles. The molecule has 104 valence electrons. The lowest BCUT2D eigenvalue weighted by Crippen LogP contribution is -2.04. The normalized spacial score (nSPS) is 10.5. The number of aromatic nitrogens is 2. The highest BCUT2D eigenvalue weighted by atomic mass is 16.4. The van der Waals surface area contributed by atoms with Gasteiger partial charge in [0.2, 0.25) is 0 Å². The zero-order valence-corrected chi connectivity index (χ0v) is 11.5. The summed E-state index contributed by atoms with van der Waals surface area (Å²) in [4.78, 5) is 11.5. The van der Waals surface area contributed by atoms with Crippen molar-refractivity contribution in [2.24, 2.45) is 0 Å². The van der Waals surface area contributed by atoms with E-state index in [1.54, 1.807) is 4.68 Å². The Kier molecular flexibility index (Phi) is 3.28. The molecule has 3 rings (SSSR count). The summed E-state index contributed by atoms with van der Waals surface area (Å²) in [6.45, 7) is 1.98. The van der Waals surface area contributed by atoms with Crippen LogP contribution in [0, 0.1) is 6.92 Å². The average Bonchev–Trinajstić information content (AvgIpc) is 2.93. The van der Waals surface area contributed by atoms with E-state index in [9.17, 15) is 9.90 Å². The lowest BCUT2D eigenvalue weighted by atomic mass is 10.1. The minimum Gasteiger partial charge on any atom is -0.478 e. The fourth-order valence-electron chi connectivity index (χ4n) is 2.36. The smallest absolute Gasteiger partial charge is 0.339 e. The lowest BCUT2D eigenvalue weighted by Gasteiger charge is -2.11. The first-order valence-electron chi connectivity index (χ1n) is 6.61. The molecule has 0 bridgehead atoms. The van der Waals surface area contributed by atoms with Crippen LogP contribution in [0.15, 0.2) is 60.8 Å². The second kappa shape index (κ2) is 5.25. The van der Waals surface area contributed by atoms with Crippen molar-refractivity contribution in [2.75, 3.05) is 0 Å². The Morgan fingerprint density at radius 2 is 1.71 bits per heavy atom. The molecule has 4 nitrogen and oxygen atoms in total. The number of carbonyl (C=O) groups is 1. The summed E-state index contributed by atoms with van der Waals surface area (Å²) in [6.07, 6.45) is 1.40. The third-order valence-electron chi connectivity index (χ3n) is 3.39. The summed E-state index contributed by atoms with van der Waals surface area (Å²) in [5, 5.41) is 13.7. The molecule has 0 atom stereocenters. The number of rotatable bonds is 3. The van der Waals surface area contributed by atoms with Gasteiger partial charge in [0.25, 0.3) is 0 Å². The van der Waals surface area contributed by atoms with Crippen molar-refractivity contribution in [1.82, 2.24) is 9.78 Å². The van der Waals surface area contributed by atoms with Crippen LogP contribution in [0.3, 0.4) is 0 Å². The summed E-state index contributed by atoms with van der Waals surface area (Å²) >= 11 is 0. The van der Waals surface area contributed by atoms with E-state index in [1.165, 1.54) is 6.20 Å². The van der Waals surface area contributed by atoms with Gasteiger partial charge in [-0.05, 0) is 18.6 Å². The number of carboxylic acid groups (broad SMARTS) is 1. The van der Waals surface area contributed by atoms with E-state index in [-0.39, 0.29) is 5.56 Å². The van der Waals surface area contributed by atoms with E-state index >= 15 is 0 Å². The highest BCUT2D eigenvalue weighted by Crippen LogP contribution is 2.27. The third-order valence-corrected chi connectivity index (χ3v) is 3.39. The summed E-state index contributed by atoms with van der Waals surface area (Å²) < 4.78 is 1.69. The van der Waals surface area contributed by atoms with Gasteiger partial charge >= 0.3 is 5.97 Å². The Hall–Kier alpha value is -2.88. The molecule has 0 unspecified atom stereocenters. The number of nitrogens with zero attached hydrogens (tertiary/aromatic N) is 2. The number of benzene rings is 2. The molecular weight excluding hydrogens is 264 g/mol. The molecule has 0 radical (unpaired) electrons. The molecular formula is C17H14N2O2. The molecule has 0 spiro atoms. The van der Waals surface area contributed by atoms with Gasteiger partial charge in [-0.25, -0.2) is 9.48 Å². The Morgan fingerprint density at radius 3 is 2.38 bits per heavy atom. The van der Waals surface area contributed by atoms with E-state index in [2.05, 4.69) is 5.10 Å². The van der Waals surface area contributed by atoms with Crippen LogP contribution in [0.1, 0.15) is 15.9 Å². The van der Waals surface area contributed by atoms with Crippen LogP contribution in [0.5, 0.6) is 0 Å². The number of hydrogen-bond acceptors (Lipinski definition) is 2. The number of para-hydroxylation sites is 1. The third kappa shape index (κ3) is 2.31. The second-order valence-corrected chi connectivity index (χ2v) is 4.78. The molecule has 2 aromatic carbocycles. The lowest BCUT2D eigenvalue weighted by molar-refractivity contribution is 0.0697. The Balaban J connectivity index is 2.28. The Bertz CT molecular complexity index is 792. The van der Waals surface area contributed by atoms with E-state index in [0.717, 1.165) is 16.8 Å². The van der Waals surface area contributed by atoms with Gasteiger partial charge in [0.05, 0.1) is 17.6 Å². The maximum absolute atomic E-state index is 11.5. The maximum Gasteiger partial charge on any atom is 0.339 e. The van der Waals surface area contributed by atoms with Crippen molar-refractivity contribution in [3.8, 4) is 16.9 Å². The minimum atomic E-state index is -0.978. The fraction of sp³-hybridized carbons (Fsp3) is 0.0588. The zero-order chi connectivity index (χ0) is 14.8. The first-order chi connectivity index (χ1) is 10.2. The van der Waals surface area contributed by atoms with Gasteiger partial charge in [0.15, 0.2) is 0 Å². The van der Waals surface area contributed by atoms with Crippen molar-refractivity contribution in [3.63, 3.8) is 0 Å². The first-order valence-corrected chi connectivity index (χ1v) is 6.61. The van der Waals surface area contributed by atoms with Crippen molar-refractivity contribution in [3.05, 3.63) is 71.9 Å². The van der Waals surface area contributed by atoms with Gasteiger partial charge in [-0.3, -0.25) is 0 Å². The predicted octanol–water partition coefficient (Wildman–Crippen LogP) is 3.55. The number of hydrogen-bond donors (Lipinski definition) is 1. The molecule has 0 aliphatic rings. The SMILES string of the molecule is Cc1ccccc1-n1ncc(C(=O)O)c1-c1ccccc1. The van der Waals surface area contributed by atoms with E-state index < -0.39 is 5.97 Å². The fourth-order valence-corrected chi connectivity index (χ4v) is 2.36. The van der Waals surface area contributed by atoms with E-state index in [1.807, 2.05) is 61.5 Å². The van der Waals surface area contributed by atoms with Gasteiger partial charge in [0.1, 0.15) is 5.56 Å². The van der Waals surface area contributed by atoms with Gasteiger partial charge in [-0.15, -0.1) is 0 Å². The van der Waals surface area contributed by atoms with Gasteiger partial charge in [-0.2, -0.15) is 5.10 Å². The molecule has 1 N–H and O–H groups in total. The highest BCUT2D eigenvalue weighted by Gasteiger charge is 2.19. The molecule has 4 heteroatoms. The minimum absolute atomic E-state index is 0.199. The standard InChI is InChI=1S/C17H14N2O2/c1-12-7-5-6-10-15(12)19-16(13-8-3-2-4-9-13)14(11-18-19)17(20)21/h2-11H,1H3,(H,20,21). The van der Waals surface area contributed by atoms with Crippen LogP contribution in [0.4, 0.5) is 0 Å². The molecule has 0 amide bonds. The monoisotopic (exact) mass is 278 g/mol. The molecule has 1 aromatic heterocycles. The quantitative estimate of drug-likeness (QED) is 0.797. The summed E-state index contributed by atoms with van der Waals surface area (Å²) in [5.74, 6) is -0.978. The molecule has 0 fully saturated rings. The maximum atomic E-state index is 11.5. The zero-order valence-electron chi connectivity index (χ0n) is 11.5. The van der Waals surface area contributed by atoms with Crippen molar-refractivity contribution >= 4 is 5.97 Å². The Labute approximate surface area is 122 Å². The highest BCUT2D eigenvalue weighted by molar-refractivity contribution is 5.95. The Morgan fingerprint density at radius 1 is 1.05 bits per heavy atom. The van der Waals surface area contributed by atoms with Crippen molar-refractivity contribution in [2.45, 2.75) is 6.92 Å². The van der Waals surface area contributed by atoms with Crippen LogP contribution in [0.2, 0.25) is 0 Å². The van der Waals surface area contributed by atoms with Gasteiger partial charge < -0.3 is 5.11 Å². The molecule has 0 aliphatic carbocycles. The van der Waals surface area contributed by atoms with Crippen LogP contribution in [0.25, 0.3) is 16.9 Å². The topological polar surface area (TPSA) is 55.1 Å². The van der Waals surface area contributed by atoms with Gasteiger partial charge in [0, 0.05) is 5.56 Å². The molecule has 0 aliphatic heterocycles. The molecule has 0 saturated heterocycles. The second-order valence-electron chi connectivity index (χ2n) is 4.78. The van der Waals surface area contributed by atoms with Crippen molar-refractivity contribution < 1.29 is 9.90 Å². The van der Waals surface area contributed by atoms with Crippen LogP contribution >= 0.6 is 0 Å². The summed E-state index contributed by atoms with van der Waals surface area (Å²) in [7, 11) is 0. The van der Waals surface area contributed by atoms with Crippen molar-refractivity contribution in [1.29, 1.82) is 0 Å². The molecule has 21 heavy (non-hydrogen) atoms. The van der Waals surface area contributed by atoms with Crippen LogP contribution in [-0.4, -0.2) is 20.9 Å². The molecule has 1 heterocycles. The largest absolute Gasteiger partial charge is 0.478 e. The number of carboxylic acids is 1. The average molecular weight is 278 g/mol. The molecule has 3 aromatic rings. The predicted molar refractivity (Wildman–Crippen MR) is 80.7 cm³/mol. The number of aromatic carboxylic acids is 1.